The number of fused-ring (bicyclic) bond motifs is 5. The molecule has 3 heterocycles. The highest BCUT2D eigenvalue weighted by atomic mass is 16.1. The van der Waals surface area contributed by atoms with Gasteiger partial charge in [0, 0.05) is 45.3 Å². The van der Waals surface area contributed by atoms with E-state index in [1.165, 1.54) is 12.8 Å². The van der Waals surface area contributed by atoms with Gasteiger partial charge in [-0.15, -0.1) is 0 Å². The topological polar surface area (TPSA) is 65.8 Å². The van der Waals surface area contributed by atoms with Gasteiger partial charge < -0.3 is 10.2 Å². The number of carbonyl (C=O) groups excluding carboxylic acids is 1. The zero-order chi connectivity index (χ0) is 22.2. The lowest BCUT2D eigenvalue weighted by atomic mass is 9.93. The highest BCUT2D eigenvalue weighted by Gasteiger charge is 2.35. The molecule has 2 aliphatic carbocycles. The molecule has 1 aromatic carbocycles. The van der Waals surface area contributed by atoms with Crippen molar-refractivity contribution in [2.45, 2.75) is 25.7 Å². The van der Waals surface area contributed by atoms with E-state index in [0.717, 1.165) is 74.2 Å². The summed E-state index contributed by atoms with van der Waals surface area (Å²) in [6.07, 6.45) is 10.9. The summed E-state index contributed by atoms with van der Waals surface area (Å²) in [5.74, 6) is 4.09. The zero-order valence-corrected chi connectivity index (χ0v) is 19.1. The maximum absolute atomic E-state index is 12.3. The minimum atomic E-state index is 0.213. The normalized spacial score (nSPS) is 24.8. The van der Waals surface area contributed by atoms with Crippen LogP contribution < -0.4 is 10.2 Å². The Labute approximate surface area is 194 Å². The smallest absolute Gasteiger partial charge is 0.236 e. The molecule has 1 saturated carbocycles. The number of allylic oxidation sites excluding steroid dienone is 2. The fourth-order valence-electron chi connectivity index (χ4n) is 5.84. The molecule has 6 rings (SSSR count). The fraction of sp³-hybridized carbons (Fsp3) is 0.500. The molecule has 33 heavy (non-hydrogen) atoms. The van der Waals surface area contributed by atoms with Crippen molar-refractivity contribution in [3.05, 3.63) is 48.7 Å². The Morgan fingerprint density at radius 1 is 1.03 bits per heavy atom. The van der Waals surface area contributed by atoms with Crippen LogP contribution in [0, 0.1) is 17.8 Å². The van der Waals surface area contributed by atoms with E-state index in [9.17, 15) is 4.79 Å². The molecule has 3 aromatic rings. The zero-order valence-electron chi connectivity index (χ0n) is 19.1. The maximum Gasteiger partial charge on any atom is 0.236 e. The Hall–Kier alpha value is -2.93. The van der Waals surface area contributed by atoms with E-state index in [1.807, 2.05) is 22.6 Å². The number of nitrogens with one attached hydrogen (secondary N) is 1. The van der Waals surface area contributed by atoms with Crippen LogP contribution in [-0.4, -0.2) is 64.4 Å². The van der Waals surface area contributed by atoms with Gasteiger partial charge in [0.2, 0.25) is 11.7 Å². The van der Waals surface area contributed by atoms with Gasteiger partial charge in [-0.3, -0.25) is 14.1 Å². The van der Waals surface area contributed by atoms with Gasteiger partial charge in [-0.2, -0.15) is 4.98 Å². The summed E-state index contributed by atoms with van der Waals surface area (Å²) in [4.78, 5) is 26.6. The molecule has 1 N–H and O–H groups in total. The number of para-hydroxylation sites is 2. The van der Waals surface area contributed by atoms with Gasteiger partial charge in [-0.05, 0) is 61.8 Å². The van der Waals surface area contributed by atoms with Crippen LogP contribution in [0.25, 0.3) is 16.8 Å². The van der Waals surface area contributed by atoms with Crippen molar-refractivity contribution in [2.75, 3.05) is 44.2 Å². The summed E-state index contributed by atoms with van der Waals surface area (Å²) < 4.78 is 2.05. The summed E-state index contributed by atoms with van der Waals surface area (Å²) in [5.41, 5.74) is 2.07. The second kappa shape index (κ2) is 8.78. The van der Waals surface area contributed by atoms with Crippen LogP contribution in [0.3, 0.4) is 0 Å². The number of piperazine rings is 1. The third-order valence-electron chi connectivity index (χ3n) is 7.72. The van der Waals surface area contributed by atoms with Crippen molar-refractivity contribution in [2.24, 2.45) is 17.8 Å². The maximum atomic E-state index is 12.3. The van der Waals surface area contributed by atoms with Gasteiger partial charge in [0.05, 0.1) is 11.0 Å². The third-order valence-corrected chi connectivity index (χ3v) is 7.72. The predicted octanol–water partition coefficient (Wildman–Crippen LogP) is 3.11. The standard InChI is InChI=1S/C26H32N6O/c33-25(27-18-21-17-19-7-8-20(21)16-19)6-3-10-30-12-14-31(15-13-30)24-9-11-32-23-5-2-1-4-22(23)28-26(32)29-24/h1-2,4-5,7-9,11,19-21H,3,6,10,12-18H2,(H,27,33). The molecule has 3 unspecified atom stereocenters. The average molecular weight is 445 g/mol. The minimum absolute atomic E-state index is 0.213. The number of hydrogen-bond donors (Lipinski definition) is 1. The van der Waals surface area contributed by atoms with Crippen LogP contribution in [0.15, 0.2) is 48.7 Å². The van der Waals surface area contributed by atoms with E-state index in [1.54, 1.807) is 0 Å². The Balaban J connectivity index is 0.949. The van der Waals surface area contributed by atoms with E-state index in [-0.39, 0.29) is 5.91 Å². The number of nitrogens with zero attached hydrogens (tertiary/aromatic N) is 5. The number of imidazole rings is 1. The first kappa shape index (κ1) is 20.7. The largest absolute Gasteiger partial charge is 0.356 e. The van der Waals surface area contributed by atoms with E-state index >= 15 is 0 Å². The van der Waals surface area contributed by atoms with E-state index in [2.05, 4.69) is 50.6 Å². The Bertz CT molecular complexity index is 1180. The van der Waals surface area contributed by atoms with Crippen LogP contribution in [0.5, 0.6) is 0 Å². The molecule has 1 aliphatic heterocycles. The lowest BCUT2D eigenvalue weighted by Crippen LogP contribution is -2.47. The molecule has 3 atom stereocenters. The molecule has 7 heteroatoms. The highest BCUT2D eigenvalue weighted by Crippen LogP contribution is 2.42. The van der Waals surface area contributed by atoms with Crippen molar-refractivity contribution in [3.8, 4) is 0 Å². The Morgan fingerprint density at radius 3 is 2.73 bits per heavy atom. The fourth-order valence-corrected chi connectivity index (χ4v) is 5.84. The molecule has 172 valence electrons. The second-order valence-corrected chi connectivity index (χ2v) is 9.83. The number of benzene rings is 1. The first-order valence-electron chi connectivity index (χ1n) is 12.4. The van der Waals surface area contributed by atoms with Gasteiger partial charge in [0.15, 0.2) is 0 Å². The first-order valence-corrected chi connectivity index (χ1v) is 12.4. The summed E-state index contributed by atoms with van der Waals surface area (Å²) in [6, 6.07) is 10.2. The number of amides is 1. The van der Waals surface area contributed by atoms with Gasteiger partial charge in [-0.1, -0.05) is 24.3 Å². The Kier molecular flexibility index (Phi) is 5.50. The molecule has 0 spiro atoms. The lowest BCUT2D eigenvalue weighted by Gasteiger charge is -2.35. The quantitative estimate of drug-likeness (QED) is 0.568. The summed E-state index contributed by atoms with van der Waals surface area (Å²) in [5, 5.41) is 3.18. The lowest BCUT2D eigenvalue weighted by molar-refractivity contribution is -0.121. The molecule has 2 aromatic heterocycles. The van der Waals surface area contributed by atoms with Crippen molar-refractivity contribution >= 4 is 28.5 Å². The van der Waals surface area contributed by atoms with Gasteiger partial charge in [0.1, 0.15) is 5.82 Å². The predicted molar refractivity (Wildman–Crippen MR) is 130 cm³/mol. The minimum Gasteiger partial charge on any atom is -0.356 e. The van der Waals surface area contributed by atoms with Crippen LogP contribution in [-0.2, 0) is 4.79 Å². The van der Waals surface area contributed by atoms with Crippen LogP contribution in [0.1, 0.15) is 25.7 Å². The molecule has 0 radical (unpaired) electrons. The van der Waals surface area contributed by atoms with Crippen LogP contribution >= 0.6 is 0 Å². The number of aromatic nitrogens is 3. The van der Waals surface area contributed by atoms with Gasteiger partial charge in [-0.25, -0.2) is 4.98 Å². The summed E-state index contributed by atoms with van der Waals surface area (Å²) in [7, 11) is 0. The van der Waals surface area contributed by atoms with Crippen LogP contribution in [0.2, 0.25) is 0 Å². The average Bonchev–Trinajstić information content (AvgIpc) is 3.57. The molecule has 7 nitrogen and oxygen atoms in total. The van der Waals surface area contributed by atoms with Gasteiger partial charge in [0.25, 0.3) is 0 Å². The van der Waals surface area contributed by atoms with E-state index in [0.29, 0.717) is 18.3 Å². The van der Waals surface area contributed by atoms with Gasteiger partial charge >= 0.3 is 0 Å². The monoisotopic (exact) mass is 444 g/mol. The SMILES string of the molecule is O=C(CCCN1CCN(c2ccn3c(n2)nc2ccccc23)CC1)NCC1CC2C=CC1C2. The number of anilines is 1. The van der Waals surface area contributed by atoms with E-state index < -0.39 is 0 Å². The summed E-state index contributed by atoms with van der Waals surface area (Å²) >= 11 is 0. The number of carbonyl (C=O) groups is 1. The molecule has 2 bridgehead atoms. The molecular formula is C26H32N6O. The molecule has 1 saturated heterocycles. The third kappa shape index (κ3) is 4.22. The highest BCUT2D eigenvalue weighted by molar-refractivity contribution is 5.79. The molecular weight excluding hydrogens is 412 g/mol. The van der Waals surface area contributed by atoms with Crippen molar-refractivity contribution in [3.63, 3.8) is 0 Å². The van der Waals surface area contributed by atoms with Crippen molar-refractivity contribution in [1.82, 2.24) is 24.6 Å². The van der Waals surface area contributed by atoms with Crippen molar-refractivity contribution < 1.29 is 4.79 Å². The summed E-state index contributed by atoms with van der Waals surface area (Å²) in [6.45, 7) is 5.74. The van der Waals surface area contributed by atoms with Crippen LogP contribution in [0.4, 0.5) is 5.82 Å². The number of hydrogen-bond acceptors (Lipinski definition) is 5. The molecule has 3 aliphatic rings. The first-order chi connectivity index (χ1) is 16.2. The number of rotatable bonds is 7. The van der Waals surface area contributed by atoms with E-state index in [4.69, 9.17) is 4.98 Å². The Morgan fingerprint density at radius 2 is 1.91 bits per heavy atom. The second-order valence-electron chi connectivity index (χ2n) is 9.83. The molecule has 2 fully saturated rings. The van der Waals surface area contributed by atoms with Crippen molar-refractivity contribution in [1.29, 1.82) is 0 Å². The molecule has 1 amide bonds.